The minimum atomic E-state index is -0.363. The van der Waals surface area contributed by atoms with E-state index in [2.05, 4.69) is 5.32 Å². The molecule has 5 heteroatoms. The predicted molar refractivity (Wildman–Crippen MR) is 76.1 cm³/mol. The van der Waals surface area contributed by atoms with Gasteiger partial charge in [-0.2, -0.15) is 0 Å². The Hall–Kier alpha value is -2.04. The van der Waals surface area contributed by atoms with Gasteiger partial charge < -0.3 is 14.8 Å². The second-order valence-corrected chi connectivity index (χ2v) is 4.45. The Morgan fingerprint density at radius 3 is 2.30 bits per heavy atom. The third kappa shape index (κ3) is 4.57. The van der Waals surface area contributed by atoms with E-state index in [1.165, 1.54) is 13.8 Å². The molecule has 1 rings (SSSR count). The molecule has 0 aliphatic rings. The van der Waals surface area contributed by atoms with Gasteiger partial charge in [0.05, 0.1) is 7.11 Å². The highest BCUT2D eigenvalue weighted by Crippen LogP contribution is 2.29. The fraction of sp³-hybridized carbons (Fsp3) is 0.467. The Kier molecular flexibility index (Phi) is 6.03. The molecule has 1 amide bonds. The van der Waals surface area contributed by atoms with Crippen molar-refractivity contribution in [2.24, 2.45) is 0 Å². The van der Waals surface area contributed by atoms with Gasteiger partial charge in [-0.05, 0) is 30.5 Å². The molecule has 0 aromatic heterocycles. The first kappa shape index (κ1) is 16.0. The van der Waals surface area contributed by atoms with E-state index in [-0.39, 0.29) is 11.9 Å². The summed E-state index contributed by atoms with van der Waals surface area (Å²) in [6.07, 6.45) is 1.35. The molecule has 0 atom stereocenters. The molecule has 0 unspecified atom stereocenters. The van der Waals surface area contributed by atoms with Crippen LogP contribution in [0.4, 0.5) is 0 Å². The van der Waals surface area contributed by atoms with Crippen molar-refractivity contribution >= 4 is 11.9 Å². The number of rotatable bonds is 6. The number of nitrogens with one attached hydrogen (secondary N) is 1. The first-order valence-corrected chi connectivity index (χ1v) is 6.60. The summed E-state index contributed by atoms with van der Waals surface area (Å²) in [4.78, 5) is 22.1. The van der Waals surface area contributed by atoms with Crippen LogP contribution in [-0.2, 0) is 22.4 Å². The molecule has 0 aliphatic carbocycles. The van der Waals surface area contributed by atoms with Crippen LogP contribution in [0.25, 0.3) is 0 Å². The van der Waals surface area contributed by atoms with Gasteiger partial charge in [-0.3, -0.25) is 9.59 Å². The number of hydrogen-bond acceptors (Lipinski definition) is 4. The Morgan fingerprint density at radius 2 is 1.80 bits per heavy atom. The van der Waals surface area contributed by atoms with Crippen LogP contribution in [-0.4, -0.2) is 25.5 Å². The molecule has 0 saturated carbocycles. The zero-order valence-corrected chi connectivity index (χ0v) is 12.4. The third-order valence-electron chi connectivity index (χ3n) is 2.87. The smallest absolute Gasteiger partial charge is 0.308 e. The van der Waals surface area contributed by atoms with Gasteiger partial charge in [-0.15, -0.1) is 0 Å². The Bertz CT molecular complexity index is 497. The molecule has 0 heterocycles. The van der Waals surface area contributed by atoms with E-state index < -0.39 is 0 Å². The van der Waals surface area contributed by atoms with E-state index in [9.17, 15) is 9.59 Å². The highest BCUT2D eigenvalue weighted by molar-refractivity contribution is 5.73. The summed E-state index contributed by atoms with van der Waals surface area (Å²) in [5.41, 5.74) is 1.81. The molecule has 0 fully saturated rings. The monoisotopic (exact) mass is 279 g/mol. The summed E-state index contributed by atoms with van der Waals surface area (Å²) in [6, 6.07) is 3.68. The molecule has 0 saturated heterocycles. The van der Waals surface area contributed by atoms with E-state index in [1.807, 2.05) is 19.1 Å². The van der Waals surface area contributed by atoms with E-state index in [0.29, 0.717) is 18.7 Å². The number of hydrogen-bond donors (Lipinski definition) is 1. The third-order valence-corrected chi connectivity index (χ3v) is 2.87. The van der Waals surface area contributed by atoms with Crippen LogP contribution < -0.4 is 14.8 Å². The van der Waals surface area contributed by atoms with Gasteiger partial charge >= 0.3 is 5.97 Å². The highest BCUT2D eigenvalue weighted by atomic mass is 16.5. The Labute approximate surface area is 119 Å². The number of aryl methyl sites for hydroxylation is 1. The van der Waals surface area contributed by atoms with Crippen molar-refractivity contribution in [1.82, 2.24) is 5.32 Å². The summed E-state index contributed by atoms with van der Waals surface area (Å²) in [6.45, 7) is 5.33. The first-order valence-electron chi connectivity index (χ1n) is 6.60. The predicted octanol–water partition coefficient (Wildman–Crippen LogP) is 1.86. The van der Waals surface area contributed by atoms with Gasteiger partial charge in [0.2, 0.25) is 5.91 Å². The molecule has 110 valence electrons. The zero-order valence-electron chi connectivity index (χ0n) is 12.4. The van der Waals surface area contributed by atoms with Crippen LogP contribution in [0.5, 0.6) is 11.5 Å². The Balaban J connectivity index is 3.03. The molecule has 0 radical (unpaired) electrons. The maximum Gasteiger partial charge on any atom is 0.308 e. The minimum absolute atomic E-state index is 0.0869. The molecular formula is C15H21NO4. The zero-order chi connectivity index (χ0) is 15.1. The number of ether oxygens (including phenoxy) is 2. The quantitative estimate of drug-likeness (QED) is 0.637. The van der Waals surface area contributed by atoms with E-state index >= 15 is 0 Å². The van der Waals surface area contributed by atoms with Crippen molar-refractivity contribution in [3.05, 3.63) is 23.3 Å². The molecule has 1 aromatic carbocycles. The van der Waals surface area contributed by atoms with Crippen LogP contribution >= 0.6 is 0 Å². The second kappa shape index (κ2) is 7.53. The lowest BCUT2D eigenvalue weighted by atomic mass is 10.0. The summed E-state index contributed by atoms with van der Waals surface area (Å²) < 4.78 is 10.6. The van der Waals surface area contributed by atoms with Gasteiger partial charge in [0.1, 0.15) is 11.5 Å². The first-order chi connectivity index (χ1) is 9.47. The van der Waals surface area contributed by atoms with Gasteiger partial charge in [0, 0.05) is 26.0 Å². The molecule has 0 aliphatic heterocycles. The highest BCUT2D eigenvalue weighted by Gasteiger charge is 2.12. The molecule has 5 nitrogen and oxygen atoms in total. The SMILES string of the molecule is CCc1cc(OC(C)=O)c(CCNC(C)=O)cc1OC. The largest absolute Gasteiger partial charge is 0.496 e. The molecule has 1 aromatic rings. The summed E-state index contributed by atoms with van der Waals surface area (Å²) in [7, 11) is 1.61. The summed E-state index contributed by atoms with van der Waals surface area (Å²) in [5, 5.41) is 2.72. The van der Waals surface area contributed by atoms with E-state index in [4.69, 9.17) is 9.47 Å². The van der Waals surface area contributed by atoms with Crippen LogP contribution in [0.3, 0.4) is 0 Å². The lowest BCUT2D eigenvalue weighted by Crippen LogP contribution is -2.22. The van der Waals surface area contributed by atoms with Gasteiger partial charge in [0.15, 0.2) is 0 Å². The number of amides is 1. The maximum absolute atomic E-state index is 11.2. The normalized spacial score (nSPS) is 10.0. The molecule has 0 spiro atoms. The summed E-state index contributed by atoms with van der Waals surface area (Å²) >= 11 is 0. The van der Waals surface area contributed by atoms with Crippen LogP contribution in [0.1, 0.15) is 31.9 Å². The second-order valence-electron chi connectivity index (χ2n) is 4.45. The number of benzene rings is 1. The fourth-order valence-electron chi connectivity index (χ4n) is 1.93. The minimum Gasteiger partial charge on any atom is -0.496 e. The van der Waals surface area contributed by atoms with Crippen molar-refractivity contribution in [1.29, 1.82) is 0 Å². The lowest BCUT2D eigenvalue weighted by Gasteiger charge is -2.14. The standard InChI is InChI=1S/C15H21NO4/c1-5-12-8-15(20-11(3)18)13(9-14(12)19-4)6-7-16-10(2)17/h8-9H,5-7H2,1-4H3,(H,16,17). The van der Waals surface area contributed by atoms with Crippen molar-refractivity contribution in [2.45, 2.75) is 33.6 Å². The van der Waals surface area contributed by atoms with Gasteiger partial charge in [-0.1, -0.05) is 6.92 Å². The van der Waals surface area contributed by atoms with Crippen molar-refractivity contribution in [3.8, 4) is 11.5 Å². The summed E-state index contributed by atoms with van der Waals surface area (Å²) in [5.74, 6) is 0.843. The fourth-order valence-corrected chi connectivity index (χ4v) is 1.93. The average molecular weight is 279 g/mol. The molecule has 1 N–H and O–H groups in total. The molecule has 0 bridgehead atoms. The number of esters is 1. The van der Waals surface area contributed by atoms with Crippen LogP contribution in [0.15, 0.2) is 12.1 Å². The molecular weight excluding hydrogens is 258 g/mol. The molecule has 20 heavy (non-hydrogen) atoms. The van der Waals surface area contributed by atoms with Crippen molar-refractivity contribution < 1.29 is 19.1 Å². The number of methoxy groups -OCH3 is 1. The van der Waals surface area contributed by atoms with Crippen LogP contribution in [0, 0.1) is 0 Å². The van der Waals surface area contributed by atoms with Crippen molar-refractivity contribution in [2.75, 3.05) is 13.7 Å². The topological polar surface area (TPSA) is 64.6 Å². The maximum atomic E-state index is 11.2. The van der Waals surface area contributed by atoms with Gasteiger partial charge in [0.25, 0.3) is 0 Å². The average Bonchev–Trinajstić information content (AvgIpc) is 2.38. The number of carbonyl (C=O) groups excluding carboxylic acids is 2. The lowest BCUT2D eigenvalue weighted by molar-refractivity contribution is -0.132. The van der Waals surface area contributed by atoms with Crippen molar-refractivity contribution in [3.63, 3.8) is 0 Å². The van der Waals surface area contributed by atoms with Crippen LogP contribution in [0.2, 0.25) is 0 Å². The Morgan fingerprint density at radius 1 is 1.15 bits per heavy atom. The van der Waals surface area contributed by atoms with Gasteiger partial charge in [-0.25, -0.2) is 0 Å². The van der Waals surface area contributed by atoms with E-state index in [1.54, 1.807) is 7.11 Å². The number of carbonyl (C=O) groups is 2. The van der Waals surface area contributed by atoms with E-state index in [0.717, 1.165) is 23.3 Å².